The van der Waals surface area contributed by atoms with Crippen molar-refractivity contribution < 1.29 is 4.84 Å². The molecule has 0 spiro atoms. The highest BCUT2D eigenvalue weighted by Gasteiger charge is 2.37. The molecule has 1 aliphatic rings. The van der Waals surface area contributed by atoms with Gasteiger partial charge in [-0.3, -0.25) is 4.84 Å². The summed E-state index contributed by atoms with van der Waals surface area (Å²) in [7, 11) is 0. The van der Waals surface area contributed by atoms with E-state index in [-0.39, 0.29) is 11.6 Å². The Morgan fingerprint density at radius 2 is 1.48 bits per heavy atom. The number of rotatable bonds is 4. The van der Waals surface area contributed by atoms with Crippen molar-refractivity contribution in [2.24, 2.45) is 0 Å². The van der Waals surface area contributed by atoms with E-state index in [2.05, 4.69) is 86.5 Å². The number of hydroxylamine groups is 2. The van der Waals surface area contributed by atoms with Gasteiger partial charge in [-0.1, -0.05) is 60.7 Å². The summed E-state index contributed by atoms with van der Waals surface area (Å²) in [5, 5.41) is 2.24. The highest BCUT2D eigenvalue weighted by atomic mass is 16.7. The first kappa shape index (κ1) is 16.2. The topological polar surface area (TPSA) is 12.5 Å². The highest BCUT2D eigenvalue weighted by Crippen LogP contribution is 2.36. The van der Waals surface area contributed by atoms with Crippen LogP contribution < -0.4 is 0 Å². The van der Waals surface area contributed by atoms with Crippen molar-refractivity contribution >= 4 is 0 Å². The van der Waals surface area contributed by atoms with Crippen molar-refractivity contribution in [1.82, 2.24) is 5.06 Å². The zero-order chi connectivity index (χ0) is 16.3. The summed E-state index contributed by atoms with van der Waals surface area (Å²) < 4.78 is 0. The first-order chi connectivity index (χ1) is 11.1. The summed E-state index contributed by atoms with van der Waals surface area (Å²) in [6, 6.07) is 21.5. The molecule has 0 aromatic heterocycles. The van der Waals surface area contributed by atoms with Gasteiger partial charge in [0.2, 0.25) is 0 Å². The van der Waals surface area contributed by atoms with E-state index < -0.39 is 0 Å². The average molecular weight is 309 g/mol. The molecule has 1 unspecified atom stereocenters. The smallest absolute Gasteiger partial charge is 0.129 e. The Morgan fingerprint density at radius 3 is 1.96 bits per heavy atom. The minimum atomic E-state index is -0.0581. The highest BCUT2D eigenvalue weighted by molar-refractivity contribution is 5.29. The largest absolute Gasteiger partial charge is 0.285 e. The Bertz CT molecular complexity index is 569. The molecule has 2 aromatic carbocycles. The molecule has 1 aliphatic heterocycles. The zero-order valence-corrected chi connectivity index (χ0v) is 14.4. The van der Waals surface area contributed by atoms with E-state index in [0.29, 0.717) is 6.04 Å². The molecule has 1 atom stereocenters. The molecule has 2 aromatic rings. The number of hydrogen-bond acceptors (Lipinski definition) is 2. The lowest BCUT2D eigenvalue weighted by Crippen LogP contribution is -2.52. The summed E-state index contributed by atoms with van der Waals surface area (Å²) >= 11 is 0. The fourth-order valence-corrected chi connectivity index (χ4v) is 3.58. The lowest BCUT2D eigenvalue weighted by Gasteiger charge is -2.46. The minimum Gasteiger partial charge on any atom is -0.285 e. The van der Waals surface area contributed by atoms with Crippen LogP contribution in [0.1, 0.15) is 57.3 Å². The van der Waals surface area contributed by atoms with Gasteiger partial charge in [0.05, 0.1) is 0 Å². The molecule has 0 aliphatic carbocycles. The minimum absolute atomic E-state index is 0.0581. The van der Waals surface area contributed by atoms with E-state index in [1.807, 2.05) is 0 Å². The van der Waals surface area contributed by atoms with E-state index in [4.69, 9.17) is 4.84 Å². The van der Waals surface area contributed by atoms with Gasteiger partial charge in [-0.05, 0) is 51.2 Å². The van der Waals surface area contributed by atoms with Gasteiger partial charge in [0.15, 0.2) is 0 Å². The van der Waals surface area contributed by atoms with Crippen molar-refractivity contribution in [3.63, 3.8) is 0 Å². The molecule has 1 fully saturated rings. The van der Waals surface area contributed by atoms with E-state index in [1.165, 1.54) is 30.4 Å². The second-order valence-electron chi connectivity index (χ2n) is 7.19. The monoisotopic (exact) mass is 309 g/mol. The lowest BCUT2D eigenvalue weighted by molar-refractivity contribution is -0.271. The van der Waals surface area contributed by atoms with Crippen molar-refractivity contribution in [3.05, 3.63) is 71.8 Å². The number of piperidine rings is 1. The third-order valence-electron chi connectivity index (χ3n) is 4.83. The predicted molar refractivity (Wildman–Crippen MR) is 95.0 cm³/mol. The van der Waals surface area contributed by atoms with Crippen LogP contribution >= 0.6 is 0 Å². The summed E-state index contributed by atoms with van der Waals surface area (Å²) in [4.78, 5) is 6.62. The molecule has 1 saturated heterocycles. The number of benzene rings is 2. The molecule has 2 nitrogen and oxygen atoms in total. The van der Waals surface area contributed by atoms with Gasteiger partial charge in [-0.15, -0.1) is 0 Å². The van der Waals surface area contributed by atoms with E-state index in [9.17, 15) is 0 Å². The summed E-state index contributed by atoms with van der Waals surface area (Å²) in [5.41, 5.74) is 2.47. The molecule has 0 amide bonds. The zero-order valence-electron chi connectivity index (χ0n) is 14.4. The molecular formula is C21H27NO. The molecule has 122 valence electrons. The van der Waals surface area contributed by atoms with Crippen LogP contribution in [0.4, 0.5) is 0 Å². The number of nitrogens with zero attached hydrogens (tertiary/aromatic N) is 1. The molecule has 0 radical (unpaired) electrons. The first-order valence-corrected chi connectivity index (χ1v) is 8.64. The Kier molecular flexibility index (Phi) is 4.84. The van der Waals surface area contributed by atoms with Gasteiger partial charge in [-0.25, -0.2) is 0 Å². The number of hydrogen-bond donors (Lipinski definition) is 0. The Labute approximate surface area is 140 Å². The standard InChI is InChI=1S/C21H27NO/c1-17-11-10-16-21(2,3)22(17)23-20(18-12-6-4-7-13-18)19-14-8-5-9-15-19/h4-9,12-15,17,20H,10-11,16H2,1-3H3. The second-order valence-corrected chi connectivity index (χ2v) is 7.19. The van der Waals surface area contributed by atoms with Crippen molar-refractivity contribution in [1.29, 1.82) is 0 Å². The van der Waals surface area contributed by atoms with Crippen LogP contribution in [0.25, 0.3) is 0 Å². The Morgan fingerprint density at radius 1 is 0.957 bits per heavy atom. The summed E-state index contributed by atoms with van der Waals surface area (Å²) in [5.74, 6) is 0. The predicted octanol–water partition coefficient (Wildman–Crippen LogP) is 5.36. The first-order valence-electron chi connectivity index (χ1n) is 8.64. The fourth-order valence-electron chi connectivity index (χ4n) is 3.58. The van der Waals surface area contributed by atoms with Crippen LogP contribution in [0, 0.1) is 0 Å². The molecule has 1 heterocycles. The quantitative estimate of drug-likeness (QED) is 0.753. The van der Waals surface area contributed by atoms with Crippen LogP contribution in [-0.4, -0.2) is 16.6 Å². The van der Waals surface area contributed by atoms with Gasteiger partial charge >= 0.3 is 0 Å². The lowest BCUT2D eigenvalue weighted by atomic mass is 9.89. The van der Waals surface area contributed by atoms with Crippen molar-refractivity contribution in [3.8, 4) is 0 Å². The normalized spacial score (nSPS) is 21.5. The van der Waals surface area contributed by atoms with E-state index in [1.54, 1.807) is 0 Å². The van der Waals surface area contributed by atoms with Gasteiger partial charge in [0.25, 0.3) is 0 Å². The average Bonchev–Trinajstić information content (AvgIpc) is 2.56. The maximum Gasteiger partial charge on any atom is 0.129 e. The van der Waals surface area contributed by atoms with Crippen LogP contribution in [0.3, 0.4) is 0 Å². The van der Waals surface area contributed by atoms with Crippen LogP contribution in [-0.2, 0) is 4.84 Å². The summed E-state index contributed by atoms with van der Waals surface area (Å²) in [6.07, 6.45) is 3.58. The molecule has 3 rings (SSSR count). The fraction of sp³-hybridized carbons (Fsp3) is 0.429. The van der Waals surface area contributed by atoms with Crippen molar-refractivity contribution in [2.75, 3.05) is 0 Å². The third kappa shape index (κ3) is 3.65. The molecule has 0 bridgehead atoms. The van der Waals surface area contributed by atoms with Gasteiger partial charge < -0.3 is 0 Å². The van der Waals surface area contributed by atoms with Gasteiger partial charge in [0.1, 0.15) is 6.10 Å². The molecule has 23 heavy (non-hydrogen) atoms. The maximum atomic E-state index is 6.62. The van der Waals surface area contributed by atoms with Crippen molar-refractivity contribution in [2.45, 2.75) is 57.7 Å². The molecular weight excluding hydrogens is 282 g/mol. The summed E-state index contributed by atoms with van der Waals surface area (Å²) in [6.45, 7) is 6.85. The second kappa shape index (κ2) is 6.86. The molecule has 0 N–H and O–H groups in total. The maximum absolute atomic E-state index is 6.62. The Balaban J connectivity index is 1.93. The molecule has 0 saturated carbocycles. The SMILES string of the molecule is CC1CCCC(C)(C)N1OC(c1ccccc1)c1ccccc1. The van der Waals surface area contributed by atoms with Gasteiger partial charge in [-0.2, -0.15) is 5.06 Å². The Hall–Kier alpha value is -1.64. The van der Waals surface area contributed by atoms with Gasteiger partial charge in [0, 0.05) is 11.6 Å². The van der Waals surface area contributed by atoms with Crippen LogP contribution in [0.15, 0.2) is 60.7 Å². The van der Waals surface area contributed by atoms with E-state index >= 15 is 0 Å². The molecule has 2 heteroatoms. The van der Waals surface area contributed by atoms with E-state index in [0.717, 1.165) is 0 Å². The third-order valence-corrected chi connectivity index (χ3v) is 4.83. The van der Waals surface area contributed by atoms with Crippen LogP contribution in [0.2, 0.25) is 0 Å². The van der Waals surface area contributed by atoms with Crippen LogP contribution in [0.5, 0.6) is 0 Å².